The summed E-state index contributed by atoms with van der Waals surface area (Å²) in [5.74, 6) is -0.114. The molecule has 1 heterocycles. The van der Waals surface area contributed by atoms with Gasteiger partial charge >= 0.3 is 0 Å². The lowest BCUT2D eigenvalue weighted by atomic mass is 10.1. The maximum absolute atomic E-state index is 12.2. The molecule has 0 bridgehead atoms. The van der Waals surface area contributed by atoms with Crippen LogP contribution < -0.4 is 5.32 Å². The predicted octanol–water partition coefficient (Wildman–Crippen LogP) is 3.13. The van der Waals surface area contributed by atoms with E-state index in [-0.39, 0.29) is 5.91 Å². The molecule has 3 rings (SSSR count). The first-order chi connectivity index (χ1) is 9.63. The summed E-state index contributed by atoms with van der Waals surface area (Å²) in [6, 6.07) is 13.3. The quantitative estimate of drug-likeness (QED) is 0.773. The van der Waals surface area contributed by atoms with E-state index in [4.69, 9.17) is 0 Å². The van der Waals surface area contributed by atoms with Gasteiger partial charge in [0.05, 0.1) is 11.7 Å². The molecule has 0 saturated carbocycles. The minimum Gasteiger partial charge on any atom is -0.322 e. The molecule has 1 N–H and O–H groups in total. The van der Waals surface area contributed by atoms with Crippen LogP contribution in [0.5, 0.6) is 0 Å². The van der Waals surface area contributed by atoms with Gasteiger partial charge in [-0.1, -0.05) is 23.8 Å². The van der Waals surface area contributed by atoms with Crippen LogP contribution in [0.3, 0.4) is 0 Å². The lowest BCUT2D eigenvalue weighted by Gasteiger charge is -2.06. The van der Waals surface area contributed by atoms with E-state index in [9.17, 15) is 4.79 Å². The van der Waals surface area contributed by atoms with Crippen molar-refractivity contribution in [1.29, 1.82) is 0 Å². The van der Waals surface area contributed by atoms with E-state index in [1.165, 1.54) is 5.56 Å². The van der Waals surface area contributed by atoms with Crippen LogP contribution in [-0.4, -0.2) is 15.7 Å². The summed E-state index contributed by atoms with van der Waals surface area (Å²) in [5.41, 5.74) is 3.54. The third kappa shape index (κ3) is 2.28. The van der Waals surface area contributed by atoms with E-state index >= 15 is 0 Å². The number of aryl methyl sites for hydroxylation is 2. The molecule has 0 unspecified atom stereocenters. The lowest BCUT2D eigenvalue weighted by Crippen LogP contribution is -2.11. The molecule has 2 aromatic carbocycles. The smallest absolute Gasteiger partial charge is 0.255 e. The average molecular weight is 265 g/mol. The molecule has 0 aliphatic heterocycles. The number of hydrogen-bond acceptors (Lipinski definition) is 2. The summed E-state index contributed by atoms with van der Waals surface area (Å²) in [7, 11) is 1.87. The molecule has 4 heteroatoms. The Morgan fingerprint density at radius 3 is 2.65 bits per heavy atom. The second-order valence-corrected chi connectivity index (χ2v) is 4.86. The zero-order chi connectivity index (χ0) is 14.1. The van der Waals surface area contributed by atoms with Crippen LogP contribution in [0.4, 0.5) is 5.69 Å². The predicted molar refractivity (Wildman–Crippen MR) is 79.8 cm³/mol. The molecule has 0 radical (unpaired) electrons. The number of rotatable bonds is 2. The molecule has 0 saturated heterocycles. The van der Waals surface area contributed by atoms with Crippen molar-refractivity contribution in [3.05, 3.63) is 59.8 Å². The van der Waals surface area contributed by atoms with Gasteiger partial charge < -0.3 is 5.32 Å². The number of fused-ring (bicyclic) bond motifs is 1. The molecular weight excluding hydrogens is 250 g/mol. The largest absolute Gasteiger partial charge is 0.322 e. The topological polar surface area (TPSA) is 46.9 Å². The van der Waals surface area contributed by atoms with Crippen LogP contribution >= 0.6 is 0 Å². The van der Waals surface area contributed by atoms with E-state index in [1.54, 1.807) is 10.9 Å². The molecule has 1 aromatic heterocycles. The number of amides is 1. The fourth-order valence-electron chi connectivity index (χ4n) is 2.13. The van der Waals surface area contributed by atoms with Crippen molar-refractivity contribution in [1.82, 2.24) is 9.78 Å². The van der Waals surface area contributed by atoms with Crippen molar-refractivity contribution in [3.63, 3.8) is 0 Å². The Morgan fingerprint density at radius 2 is 1.90 bits per heavy atom. The van der Waals surface area contributed by atoms with Crippen LogP contribution in [-0.2, 0) is 7.05 Å². The van der Waals surface area contributed by atoms with E-state index in [1.807, 2.05) is 56.4 Å². The summed E-state index contributed by atoms with van der Waals surface area (Å²) in [6.45, 7) is 2.02. The Bertz CT molecular complexity index is 772. The first-order valence-corrected chi connectivity index (χ1v) is 6.43. The summed E-state index contributed by atoms with van der Waals surface area (Å²) in [5, 5.41) is 8.10. The SMILES string of the molecule is Cc1ccc(NC(=O)c2ccc3cnn(C)c3c2)cc1. The minimum atomic E-state index is -0.114. The zero-order valence-corrected chi connectivity index (χ0v) is 11.4. The number of carbonyl (C=O) groups excluding carboxylic acids is 1. The van der Waals surface area contributed by atoms with Gasteiger partial charge in [-0.25, -0.2) is 0 Å². The Balaban J connectivity index is 1.88. The molecule has 0 aliphatic rings. The molecular formula is C16H15N3O. The van der Waals surface area contributed by atoms with Gasteiger partial charge in [0.25, 0.3) is 5.91 Å². The number of nitrogens with one attached hydrogen (secondary N) is 1. The molecule has 1 amide bonds. The van der Waals surface area contributed by atoms with Gasteiger partial charge in [0, 0.05) is 23.7 Å². The highest BCUT2D eigenvalue weighted by atomic mass is 16.1. The van der Waals surface area contributed by atoms with E-state index < -0.39 is 0 Å². The van der Waals surface area contributed by atoms with Crippen molar-refractivity contribution < 1.29 is 4.79 Å². The Labute approximate surface area is 117 Å². The van der Waals surface area contributed by atoms with Crippen molar-refractivity contribution in [3.8, 4) is 0 Å². The normalized spacial score (nSPS) is 10.7. The fraction of sp³-hybridized carbons (Fsp3) is 0.125. The first kappa shape index (κ1) is 12.4. The van der Waals surface area contributed by atoms with Gasteiger partial charge in [-0.15, -0.1) is 0 Å². The summed E-state index contributed by atoms with van der Waals surface area (Å²) in [4.78, 5) is 12.2. The highest BCUT2D eigenvalue weighted by Gasteiger charge is 2.08. The van der Waals surface area contributed by atoms with Gasteiger partial charge in [-0.05, 0) is 31.2 Å². The number of hydrogen-bond donors (Lipinski definition) is 1. The van der Waals surface area contributed by atoms with E-state index in [2.05, 4.69) is 10.4 Å². The zero-order valence-electron chi connectivity index (χ0n) is 11.4. The third-order valence-electron chi connectivity index (χ3n) is 3.32. The molecule has 0 spiro atoms. The minimum absolute atomic E-state index is 0.114. The summed E-state index contributed by atoms with van der Waals surface area (Å²) >= 11 is 0. The van der Waals surface area contributed by atoms with E-state index in [0.29, 0.717) is 5.56 Å². The second kappa shape index (κ2) is 4.81. The van der Waals surface area contributed by atoms with Crippen LogP contribution in [0.25, 0.3) is 10.9 Å². The molecule has 3 aromatic rings. The number of aromatic nitrogens is 2. The van der Waals surface area contributed by atoms with E-state index in [0.717, 1.165) is 16.6 Å². The molecule has 0 aliphatic carbocycles. The van der Waals surface area contributed by atoms with Gasteiger partial charge in [-0.3, -0.25) is 9.48 Å². The molecule has 100 valence electrons. The lowest BCUT2D eigenvalue weighted by molar-refractivity contribution is 0.102. The number of anilines is 1. The summed E-state index contributed by atoms with van der Waals surface area (Å²) < 4.78 is 1.76. The monoisotopic (exact) mass is 265 g/mol. The van der Waals surface area contributed by atoms with Gasteiger partial charge in [0.2, 0.25) is 0 Å². The molecule has 20 heavy (non-hydrogen) atoms. The van der Waals surface area contributed by atoms with Crippen molar-refractivity contribution in [2.75, 3.05) is 5.32 Å². The Morgan fingerprint density at radius 1 is 1.15 bits per heavy atom. The van der Waals surface area contributed by atoms with Crippen LogP contribution in [0, 0.1) is 6.92 Å². The number of nitrogens with zero attached hydrogens (tertiary/aromatic N) is 2. The van der Waals surface area contributed by atoms with Crippen LogP contribution in [0.2, 0.25) is 0 Å². The van der Waals surface area contributed by atoms with Gasteiger partial charge in [0.15, 0.2) is 0 Å². The average Bonchev–Trinajstić information content (AvgIpc) is 2.82. The highest BCUT2D eigenvalue weighted by Crippen LogP contribution is 2.16. The van der Waals surface area contributed by atoms with Crippen molar-refractivity contribution in [2.45, 2.75) is 6.92 Å². The standard InChI is InChI=1S/C16H15N3O/c1-11-3-7-14(8-4-11)18-16(20)12-5-6-13-10-17-19(2)15(13)9-12/h3-10H,1-2H3,(H,18,20). The molecule has 0 fully saturated rings. The second-order valence-electron chi connectivity index (χ2n) is 4.86. The van der Waals surface area contributed by atoms with Crippen LogP contribution in [0.15, 0.2) is 48.7 Å². The molecule has 0 atom stereocenters. The van der Waals surface area contributed by atoms with Crippen molar-refractivity contribution >= 4 is 22.5 Å². The fourth-order valence-corrected chi connectivity index (χ4v) is 2.13. The third-order valence-corrected chi connectivity index (χ3v) is 3.32. The maximum Gasteiger partial charge on any atom is 0.255 e. The summed E-state index contributed by atoms with van der Waals surface area (Å²) in [6.07, 6.45) is 1.79. The van der Waals surface area contributed by atoms with Gasteiger partial charge in [-0.2, -0.15) is 5.10 Å². The Kier molecular flexibility index (Phi) is 2.99. The first-order valence-electron chi connectivity index (χ1n) is 6.43. The number of carbonyl (C=O) groups is 1. The number of benzene rings is 2. The van der Waals surface area contributed by atoms with Crippen molar-refractivity contribution in [2.24, 2.45) is 7.05 Å². The molecule has 4 nitrogen and oxygen atoms in total. The Hall–Kier alpha value is -2.62. The van der Waals surface area contributed by atoms with Crippen LogP contribution in [0.1, 0.15) is 15.9 Å². The maximum atomic E-state index is 12.2. The van der Waals surface area contributed by atoms with Gasteiger partial charge in [0.1, 0.15) is 0 Å². The highest BCUT2D eigenvalue weighted by molar-refractivity contribution is 6.06.